The van der Waals surface area contributed by atoms with Crippen LogP contribution in [0, 0.1) is 0 Å². The number of carbonyl (C=O) groups excluding carboxylic acids is 1. The monoisotopic (exact) mass is 444 g/mol. The number of ether oxygens (including phenoxy) is 1. The van der Waals surface area contributed by atoms with Crippen molar-refractivity contribution >= 4 is 28.4 Å². The summed E-state index contributed by atoms with van der Waals surface area (Å²) in [6, 6.07) is 20.5. The van der Waals surface area contributed by atoms with E-state index < -0.39 is 0 Å². The lowest BCUT2D eigenvalue weighted by molar-refractivity contribution is 0.103. The molecule has 0 atom stereocenters. The number of hydrogen-bond donors (Lipinski definition) is 0. The number of thioether (sulfide) groups is 1. The first-order valence-corrected chi connectivity index (χ1v) is 11.4. The molecule has 0 spiro atoms. The van der Waals surface area contributed by atoms with Crippen LogP contribution < -0.4 is 10.3 Å². The van der Waals surface area contributed by atoms with E-state index in [2.05, 4.69) is 0 Å². The maximum atomic E-state index is 12.9. The van der Waals surface area contributed by atoms with Crippen molar-refractivity contribution in [2.24, 2.45) is 7.05 Å². The molecule has 0 N–H and O–H groups in total. The molecule has 1 heterocycles. The number of rotatable bonds is 7. The van der Waals surface area contributed by atoms with Gasteiger partial charge in [-0.25, -0.2) is 4.98 Å². The average Bonchev–Trinajstić information content (AvgIpc) is 2.84. The third-order valence-electron chi connectivity index (χ3n) is 5.47. The van der Waals surface area contributed by atoms with Gasteiger partial charge in [0.05, 0.1) is 18.0 Å². The third kappa shape index (κ3) is 4.32. The SMILES string of the molecule is CCc1cccc2nc(SCc3ccc(C(=O)c4ccc(OC)cc4)cc3)n(C)c(=O)c12. The summed E-state index contributed by atoms with van der Waals surface area (Å²) >= 11 is 1.51. The number of aryl methyl sites for hydroxylation is 1. The molecule has 6 heteroatoms. The maximum Gasteiger partial charge on any atom is 0.262 e. The zero-order chi connectivity index (χ0) is 22.7. The fourth-order valence-electron chi connectivity index (χ4n) is 3.59. The van der Waals surface area contributed by atoms with Gasteiger partial charge in [0.15, 0.2) is 10.9 Å². The normalized spacial score (nSPS) is 11.0. The molecule has 0 fully saturated rings. The van der Waals surface area contributed by atoms with Crippen LogP contribution in [0.25, 0.3) is 10.9 Å². The van der Waals surface area contributed by atoms with Crippen LogP contribution in [-0.2, 0) is 19.2 Å². The van der Waals surface area contributed by atoms with Gasteiger partial charge in [-0.2, -0.15) is 0 Å². The van der Waals surface area contributed by atoms with Gasteiger partial charge in [-0.05, 0) is 47.9 Å². The minimum absolute atomic E-state index is 0.0182. The highest BCUT2D eigenvalue weighted by molar-refractivity contribution is 7.98. The van der Waals surface area contributed by atoms with Gasteiger partial charge in [0.25, 0.3) is 5.56 Å². The van der Waals surface area contributed by atoms with Crippen LogP contribution >= 0.6 is 11.8 Å². The van der Waals surface area contributed by atoms with Crippen molar-refractivity contribution in [3.05, 3.63) is 99.3 Å². The lowest BCUT2D eigenvalue weighted by Crippen LogP contribution is -2.21. The number of methoxy groups -OCH3 is 1. The van der Waals surface area contributed by atoms with Crippen molar-refractivity contribution < 1.29 is 9.53 Å². The van der Waals surface area contributed by atoms with E-state index in [9.17, 15) is 9.59 Å². The van der Waals surface area contributed by atoms with E-state index in [1.807, 2.05) is 49.4 Å². The van der Waals surface area contributed by atoms with Crippen LogP contribution in [0.5, 0.6) is 5.75 Å². The molecule has 0 aliphatic rings. The summed E-state index contributed by atoms with van der Waals surface area (Å²) in [5.74, 6) is 1.34. The molecule has 0 aliphatic carbocycles. The molecule has 0 saturated heterocycles. The van der Waals surface area contributed by atoms with Crippen LogP contribution in [0.1, 0.15) is 34.0 Å². The second-order valence-electron chi connectivity index (χ2n) is 7.47. The van der Waals surface area contributed by atoms with E-state index in [1.165, 1.54) is 11.8 Å². The lowest BCUT2D eigenvalue weighted by Gasteiger charge is -2.11. The number of nitrogens with zero attached hydrogens (tertiary/aromatic N) is 2. The number of hydrogen-bond acceptors (Lipinski definition) is 5. The van der Waals surface area contributed by atoms with Gasteiger partial charge in [0.2, 0.25) is 0 Å². The molecular weight excluding hydrogens is 420 g/mol. The Balaban J connectivity index is 1.51. The first kappa shape index (κ1) is 21.8. The summed E-state index contributed by atoms with van der Waals surface area (Å²) in [5, 5.41) is 1.37. The number of aromatic nitrogens is 2. The Morgan fingerprint density at radius 3 is 2.28 bits per heavy atom. The first-order chi connectivity index (χ1) is 15.5. The van der Waals surface area contributed by atoms with Crippen LogP contribution in [0.15, 0.2) is 76.7 Å². The molecule has 32 heavy (non-hydrogen) atoms. The fourth-order valence-corrected chi connectivity index (χ4v) is 4.52. The van der Waals surface area contributed by atoms with Gasteiger partial charge in [0.1, 0.15) is 5.75 Å². The summed E-state index contributed by atoms with van der Waals surface area (Å²) in [6.45, 7) is 2.04. The van der Waals surface area contributed by atoms with Crippen molar-refractivity contribution in [1.29, 1.82) is 0 Å². The Morgan fingerprint density at radius 2 is 1.66 bits per heavy atom. The molecule has 1 aromatic heterocycles. The molecule has 4 aromatic rings. The Morgan fingerprint density at radius 1 is 1.00 bits per heavy atom. The fraction of sp³-hybridized carbons (Fsp3) is 0.192. The highest BCUT2D eigenvalue weighted by Gasteiger charge is 2.13. The molecule has 162 valence electrons. The molecule has 0 amide bonds. The van der Waals surface area contributed by atoms with Gasteiger partial charge in [-0.3, -0.25) is 14.2 Å². The van der Waals surface area contributed by atoms with E-state index >= 15 is 0 Å². The predicted octanol–water partition coefficient (Wildman–Crippen LogP) is 5.03. The number of benzene rings is 3. The van der Waals surface area contributed by atoms with Crippen LogP contribution in [0.3, 0.4) is 0 Å². The molecule has 0 unspecified atom stereocenters. The molecule has 0 radical (unpaired) electrons. The smallest absolute Gasteiger partial charge is 0.262 e. The van der Waals surface area contributed by atoms with E-state index in [1.54, 1.807) is 43.0 Å². The van der Waals surface area contributed by atoms with Crippen molar-refractivity contribution in [2.45, 2.75) is 24.3 Å². The standard InChI is InChI=1S/C26H24N2O3S/c1-4-18-6-5-7-22-23(18)25(30)28(2)26(27-22)32-16-17-8-10-19(11-9-17)24(29)20-12-14-21(31-3)15-13-20/h5-15H,4,16H2,1-3H3. The number of ketones is 1. The Labute approximate surface area is 191 Å². The summed E-state index contributed by atoms with van der Waals surface area (Å²) in [4.78, 5) is 30.3. The second kappa shape index (κ2) is 9.40. The van der Waals surface area contributed by atoms with E-state index in [4.69, 9.17) is 9.72 Å². The molecular formula is C26H24N2O3S. The summed E-state index contributed by atoms with van der Waals surface area (Å²) in [5.41, 5.74) is 4.04. The Kier molecular flexibility index (Phi) is 6.42. The van der Waals surface area contributed by atoms with Gasteiger partial charge in [0, 0.05) is 23.9 Å². The number of fused-ring (bicyclic) bond motifs is 1. The average molecular weight is 445 g/mol. The maximum absolute atomic E-state index is 12.9. The van der Waals surface area contributed by atoms with Crippen molar-refractivity contribution in [1.82, 2.24) is 9.55 Å². The minimum atomic E-state index is -0.0304. The molecule has 5 nitrogen and oxygen atoms in total. The zero-order valence-electron chi connectivity index (χ0n) is 18.3. The van der Waals surface area contributed by atoms with Gasteiger partial charge in [-0.1, -0.05) is 55.1 Å². The van der Waals surface area contributed by atoms with E-state index in [-0.39, 0.29) is 11.3 Å². The highest BCUT2D eigenvalue weighted by atomic mass is 32.2. The topological polar surface area (TPSA) is 61.2 Å². The Hall–Kier alpha value is -3.38. The predicted molar refractivity (Wildman–Crippen MR) is 129 cm³/mol. The van der Waals surface area contributed by atoms with Gasteiger partial charge >= 0.3 is 0 Å². The van der Waals surface area contributed by atoms with Gasteiger partial charge < -0.3 is 4.74 Å². The van der Waals surface area contributed by atoms with E-state index in [0.717, 1.165) is 28.8 Å². The number of carbonyl (C=O) groups is 1. The summed E-state index contributed by atoms with van der Waals surface area (Å²) in [7, 11) is 3.36. The van der Waals surface area contributed by atoms with Crippen molar-refractivity contribution in [3.63, 3.8) is 0 Å². The zero-order valence-corrected chi connectivity index (χ0v) is 19.1. The van der Waals surface area contributed by atoms with Crippen molar-refractivity contribution in [2.75, 3.05) is 7.11 Å². The molecule has 0 saturated carbocycles. The van der Waals surface area contributed by atoms with Crippen LogP contribution in [0.4, 0.5) is 0 Å². The third-order valence-corrected chi connectivity index (χ3v) is 6.57. The quantitative estimate of drug-likeness (QED) is 0.227. The molecule has 0 aliphatic heterocycles. The largest absolute Gasteiger partial charge is 0.497 e. The Bertz CT molecular complexity index is 1330. The second-order valence-corrected chi connectivity index (χ2v) is 8.41. The molecule has 0 bridgehead atoms. The minimum Gasteiger partial charge on any atom is -0.497 e. The summed E-state index contributed by atoms with van der Waals surface area (Å²) < 4.78 is 6.76. The van der Waals surface area contributed by atoms with Crippen LogP contribution in [0.2, 0.25) is 0 Å². The molecule has 4 rings (SSSR count). The first-order valence-electron chi connectivity index (χ1n) is 10.4. The lowest BCUT2D eigenvalue weighted by atomic mass is 10.0. The van der Waals surface area contributed by atoms with E-state index in [0.29, 0.717) is 27.4 Å². The molecule has 3 aromatic carbocycles. The van der Waals surface area contributed by atoms with Gasteiger partial charge in [-0.15, -0.1) is 0 Å². The van der Waals surface area contributed by atoms with Crippen LogP contribution in [-0.4, -0.2) is 22.4 Å². The highest BCUT2D eigenvalue weighted by Crippen LogP contribution is 2.24. The summed E-state index contributed by atoms with van der Waals surface area (Å²) in [6.07, 6.45) is 0.794. The van der Waals surface area contributed by atoms with Crippen molar-refractivity contribution in [3.8, 4) is 5.75 Å².